The van der Waals surface area contributed by atoms with Gasteiger partial charge in [0, 0.05) is 36.7 Å². The topological polar surface area (TPSA) is 121 Å². The second kappa shape index (κ2) is 8.29. The van der Waals surface area contributed by atoms with Crippen LogP contribution in [0.15, 0.2) is 24.4 Å². The number of aromatic nitrogens is 2. The molecule has 2 aromatic rings. The van der Waals surface area contributed by atoms with Crippen molar-refractivity contribution >= 4 is 17.4 Å². The third kappa shape index (κ3) is 3.31. The summed E-state index contributed by atoms with van der Waals surface area (Å²) in [4.78, 5) is 22.4. The molecule has 2 saturated carbocycles. The Balaban J connectivity index is 1.05. The van der Waals surface area contributed by atoms with Crippen molar-refractivity contribution in [3.63, 3.8) is 0 Å². The quantitative estimate of drug-likeness (QED) is 0.411. The normalized spacial score (nSPS) is 34.5. The number of nitrogens with zero attached hydrogens (tertiary/aromatic N) is 2. The fraction of sp³-hybridized carbons (Fsp3) is 0.577. The molecule has 1 amide bonds. The molecule has 4 heterocycles. The van der Waals surface area contributed by atoms with E-state index in [1.54, 1.807) is 14.2 Å². The number of fused-ring (bicyclic) bond motifs is 3. The first-order valence-electron chi connectivity index (χ1n) is 13.0. The van der Waals surface area contributed by atoms with Crippen LogP contribution in [0.1, 0.15) is 42.9 Å². The van der Waals surface area contributed by atoms with Gasteiger partial charge in [0.15, 0.2) is 5.82 Å². The zero-order valence-corrected chi connectivity index (χ0v) is 20.6. The van der Waals surface area contributed by atoms with E-state index >= 15 is 0 Å². The Kier molecular flexibility index (Phi) is 5.13. The van der Waals surface area contributed by atoms with Crippen LogP contribution < -0.4 is 36.3 Å². The molecule has 36 heavy (non-hydrogen) atoms. The molecule has 2 saturated heterocycles. The fourth-order valence-corrected chi connectivity index (χ4v) is 6.99. The summed E-state index contributed by atoms with van der Waals surface area (Å²) in [5, 5.41) is 9.99. The number of benzene rings is 1. The molecule has 6 atom stereocenters. The molecule has 0 radical (unpaired) electrons. The summed E-state index contributed by atoms with van der Waals surface area (Å²) in [6.07, 6.45) is 6.02. The van der Waals surface area contributed by atoms with Gasteiger partial charge in [0.1, 0.15) is 5.75 Å². The Bertz CT molecular complexity index is 1200. The van der Waals surface area contributed by atoms with Crippen LogP contribution in [0.25, 0.3) is 0 Å². The predicted octanol–water partition coefficient (Wildman–Crippen LogP) is 1.72. The molecular weight excluding hydrogens is 458 g/mol. The van der Waals surface area contributed by atoms with E-state index in [9.17, 15) is 4.79 Å². The number of hydrogen-bond donors (Lipinski definition) is 5. The van der Waals surface area contributed by atoms with Crippen LogP contribution in [0, 0.1) is 17.8 Å². The van der Waals surface area contributed by atoms with Crippen molar-refractivity contribution < 1.29 is 14.3 Å². The van der Waals surface area contributed by atoms with Gasteiger partial charge < -0.3 is 25.4 Å². The van der Waals surface area contributed by atoms with Crippen molar-refractivity contribution in [3.05, 3.63) is 35.7 Å². The minimum atomic E-state index is -0.384. The van der Waals surface area contributed by atoms with Gasteiger partial charge in [-0.05, 0) is 61.3 Å². The minimum Gasteiger partial charge on any atom is -0.497 e. The van der Waals surface area contributed by atoms with E-state index in [0.29, 0.717) is 41.4 Å². The highest BCUT2D eigenvalue weighted by Crippen LogP contribution is 2.65. The first-order chi connectivity index (χ1) is 17.6. The van der Waals surface area contributed by atoms with Gasteiger partial charge in [-0.2, -0.15) is 0 Å². The van der Waals surface area contributed by atoms with E-state index in [0.717, 1.165) is 61.5 Å². The number of methoxy groups -OCH3 is 2. The summed E-state index contributed by atoms with van der Waals surface area (Å²) in [6, 6.07) is 6.28. The number of rotatable bonds is 6. The first-order valence-corrected chi connectivity index (χ1v) is 13.0. The zero-order chi connectivity index (χ0) is 24.4. The number of ether oxygens (including phenoxy) is 2. The first kappa shape index (κ1) is 22.3. The SMILES string of the molecule is COc1ccc2c(c1)[C@]1(C[C@H]1C1CCC3C(C1)NNC3Nc1nc(C3CNC3)cnc1OC)C(=O)N2. The summed E-state index contributed by atoms with van der Waals surface area (Å²) < 4.78 is 11.0. The smallest absolute Gasteiger partial charge is 0.257 e. The molecule has 4 unspecified atom stereocenters. The van der Waals surface area contributed by atoms with Crippen LogP contribution in [-0.2, 0) is 10.2 Å². The lowest BCUT2D eigenvalue weighted by Gasteiger charge is -2.34. The molecule has 10 nitrogen and oxygen atoms in total. The molecule has 2 aliphatic carbocycles. The Morgan fingerprint density at radius 2 is 2.03 bits per heavy atom. The molecule has 1 spiro atoms. The Morgan fingerprint density at radius 1 is 1.14 bits per heavy atom. The maximum atomic E-state index is 13.1. The molecular formula is C26H33N7O3. The monoisotopic (exact) mass is 491 g/mol. The Hall–Kier alpha value is -2.95. The molecule has 4 fully saturated rings. The number of carbonyl (C=O) groups is 1. The maximum Gasteiger partial charge on any atom is 0.257 e. The molecule has 1 aromatic carbocycles. The molecule has 190 valence electrons. The third-order valence-corrected chi connectivity index (χ3v) is 9.18. The van der Waals surface area contributed by atoms with E-state index in [2.05, 4.69) is 37.9 Å². The number of anilines is 2. The highest BCUT2D eigenvalue weighted by atomic mass is 16.5. The van der Waals surface area contributed by atoms with E-state index in [4.69, 9.17) is 14.5 Å². The molecule has 5 aliphatic rings. The van der Waals surface area contributed by atoms with E-state index in [1.165, 1.54) is 0 Å². The number of carbonyl (C=O) groups excluding carboxylic acids is 1. The van der Waals surface area contributed by atoms with Gasteiger partial charge in [0.05, 0.1) is 37.7 Å². The predicted molar refractivity (Wildman–Crippen MR) is 134 cm³/mol. The van der Waals surface area contributed by atoms with Gasteiger partial charge in [-0.1, -0.05) is 0 Å². The van der Waals surface area contributed by atoms with Crippen LogP contribution in [0.4, 0.5) is 11.5 Å². The van der Waals surface area contributed by atoms with Crippen LogP contribution >= 0.6 is 0 Å². The van der Waals surface area contributed by atoms with Crippen LogP contribution in [0.3, 0.4) is 0 Å². The van der Waals surface area contributed by atoms with Gasteiger partial charge in [0.2, 0.25) is 5.91 Å². The Labute approximate surface area is 210 Å². The minimum absolute atomic E-state index is 0.0434. The molecule has 7 rings (SSSR count). The fourth-order valence-electron chi connectivity index (χ4n) is 6.99. The number of amides is 1. The number of nitrogens with one attached hydrogen (secondary N) is 5. The molecule has 1 aromatic heterocycles. The lowest BCUT2D eigenvalue weighted by atomic mass is 9.74. The average Bonchev–Trinajstić information content (AvgIpc) is 3.41. The molecule has 3 aliphatic heterocycles. The summed E-state index contributed by atoms with van der Waals surface area (Å²) in [5.41, 5.74) is 9.66. The van der Waals surface area contributed by atoms with Crippen molar-refractivity contribution in [2.75, 3.05) is 37.9 Å². The lowest BCUT2D eigenvalue weighted by Crippen LogP contribution is -2.41. The second-order valence-electron chi connectivity index (χ2n) is 10.9. The number of hydrazine groups is 1. The van der Waals surface area contributed by atoms with E-state index in [1.807, 2.05) is 18.3 Å². The third-order valence-electron chi connectivity index (χ3n) is 9.18. The van der Waals surface area contributed by atoms with Crippen LogP contribution in [0.2, 0.25) is 0 Å². The van der Waals surface area contributed by atoms with Gasteiger partial charge in [-0.15, -0.1) is 0 Å². The second-order valence-corrected chi connectivity index (χ2v) is 10.9. The average molecular weight is 492 g/mol. The maximum absolute atomic E-state index is 13.1. The van der Waals surface area contributed by atoms with E-state index < -0.39 is 0 Å². The summed E-state index contributed by atoms with van der Waals surface area (Å²) >= 11 is 0. The Morgan fingerprint density at radius 3 is 2.81 bits per heavy atom. The van der Waals surface area contributed by atoms with Crippen molar-refractivity contribution in [2.24, 2.45) is 17.8 Å². The molecule has 0 bridgehead atoms. The molecule has 5 N–H and O–H groups in total. The summed E-state index contributed by atoms with van der Waals surface area (Å²) in [7, 11) is 3.31. The van der Waals surface area contributed by atoms with Gasteiger partial charge in [0.25, 0.3) is 5.88 Å². The summed E-state index contributed by atoms with van der Waals surface area (Å²) in [5.74, 6) is 3.88. The summed E-state index contributed by atoms with van der Waals surface area (Å²) in [6.45, 7) is 1.88. The van der Waals surface area contributed by atoms with Crippen molar-refractivity contribution in [1.82, 2.24) is 26.1 Å². The standard InChI is InChI=1S/C26H33N7O3/c1-35-15-4-6-19-17(8-15)26(25(34)30-19)9-18(26)13-3-5-16-20(7-13)32-33-22(16)31-23-24(36-2)28-12-21(29-23)14-10-27-11-14/h4,6,8,12-14,16,18,20,22,27,32-33H,3,5,7,9-11H2,1-2H3,(H,29,31)(H,30,34)/t13?,16?,18-,20?,22?,26-/m0/s1. The zero-order valence-electron chi connectivity index (χ0n) is 20.6. The highest BCUT2D eigenvalue weighted by Gasteiger charge is 2.67. The molecule has 10 heteroatoms. The number of hydrogen-bond acceptors (Lipinski definition) is 9. The largest absolute Gasteiger partial charge is 0.497 e. The van der Waals surface area contributed by atoms with E-state index in [-0.39, 0.29) is 17.5 Å². The van der Waals surface area contributed by atoms with Gasteiger partial charge >= 0.3 is 0 Å². The highest BCUT2D eigenvalue weighted by molar-refractivity contribution is 6.09. The van der Waals surface area contributed by atoms with Crippen LogP contribution in [-0.4, -0.2) is 55.4 Å². The van der Waals surface area contributed by atoms with Crippen molar-refractivity contribution in [1.29, 1.82) is 0 Å². The van der Waals surface area contributed by atoms with Crippen LogP contribution in [0.5, 0.6) is 11.6 Å². The van der Waals surface area contributed by atoms with Crippen molar-refractivity contribution in [3.8, 4) is 11.6 Å². The lowest BCUT2D eigenvalue weighted by molar-refractivity contribution is -0.118. The van der Waals surface area contributed by atoms with Gasteiger partial charge in [-0.3, -0.25) is 10.2 Å². The van der Waals surface area contributed by atoms with Gasteiger partial charge in [-0.25, -0.2) is 15.4 Å². The van der Waals surface area contributed by atoms with Crippen molar-refractivity contribution in [2.45, 2.75) is 49.2 Å².